The van der Waals surface area contributed by atoms with Crippen LogP contribution in [0.2, 0.25) is 0 Å². The SMILES string of the molecule is CC(=O)OC[C@]1(C)[C@H]2[C@H](O)C(=O)[C@H](C)[C@@](O)(CCc3ccoc3)[C@]2(C)CC[C@H]1OC(C)=O. The second-order valence-electron chi connectivity index (χ2n) is 9.94. The molecule has 2 fully saturated rings. The van der Waals surface area contributed by atoms with Gasteiger partial charge in [-0.15, -0.1) is 0 Å². The summed E-state index contributed by atoms with van der Waals surface area (Å²) in [5.74, 6) is -3.05. The predicted molar refractivity (Wildman–Crippen MR) is 113 cm³/mol. The van der Waals surface area contributed by atoms with Crippen molar-refractivity contribution in [1.82, 2.24) is 0 Å². The van der Waals surface area contributed by atoms with Crippen LogP contribution in [0.1, 0.15) is 59.4 Å². The highest BCUT2D eigenvalue weighted by molar-refractivity contribution is 5.88. The zero-order valence-corrected chi connectivity index (χ0v) is 19.4. The highest BCUT2D eigenvalue weighted by atomic mass is 16.6. The summed E-state index contributed by atoms with van der Waals surface area (Å²) in [4.78, 5) is 36.7. The number of carbonyl (C=O) groups excluding carboxylic acids is 3. The van der Waals surface area contributed by atoms with Crippen molar-refractivity contribution < 1.29 is 38.5 Å². The summed E-state index contributed by atoms with van der Waals surface area (Å²) >= 11 is 0. The number of carbonyl (C=O) groups is 3. The maximum absolute atomic E-state index is 13.2. The van der Waals surface area contributed by atoms with Crippen molar-refractivity contribution in [3.63, 3.8) is 0 Å². The first kappa shape index (κ1) is 24.5. The number of ether oxygens (including phenoxy) is 2. The lowest BCUT2D eigenvalue weighted by Gasteiger charge is -2.65. The molecular formula is C24H34O8. The average molecular weight is 451 g/mol. The molecule has 0 unspecified atom stereocenters. The van der Waals surface area contributed by atoms with Gasteiger partial charge in [-0.1, -0.05) is 20.8 Å². The number of fused-ring (bicyclic) bond motifs is 1. The average Bonchev–Trinajstić information content (AvgIpc) is 3.24. The number of furan rings is 1. The van der Waals surface area contributed by atoms with Gasteiger partial charge in [-0.25, -0.2) is 0 Å². The van der Waals surface area contributed by atoms with Crippen LogP contribution in [0.3, 0.4) is 0 Å². The number of ketones is 1. The minimum Gasteiger partial charge on any atom is -0.472 e. The third-order valence-corrected chi connectivity index (χ3v) is 8.07. The second-order valence-corrected chi connectivity index (χ2v) is 9.94. The van der Waals surface area contributed by atoms with E-state index in [0.29, 0.717) is 25.7 Å². The van der Waals surface area contributed by atoms with Crippen LogP contribution in [0.4, 0.5) is 0 Å². The predicted octanol–water partition coefficient (Wildman–Crippen LogP) is 2.44. The smallest absolute Gasteiger partial charge is 0.302 e. The third kappa shape index (κ3) is 3.88. The van der Waals surface area contributed by atoms with Gasteiger partial charge in [0.15, 0.2) is 5.78 Å². The fraction of sp³-hybridized carbons (Fsp3) is 0.708. The van der Waals surface area contributed by atoms with Crippen molar-refractivity contribution in [3.8, 4) is 0 Å². The summed E-state index contributed by atoms with van der Waals surface area (Å²) in [6, 6.07) is 1.82. The Morgan fingerprint density at radius 3 is 2.50 bits per heavy atom. The molecule has 2 N–H and O–H groups in total. The standard InChI is InChI=1S/C24H34O8/c1-14-19(27)20(28)21-22(4,13-31-15(2)25)18(32-16(3)26)7-9-23(21,5)24(14,29)10-6-17-8-11-30-12-17/h8,11-12,14,18,20-21,28-29H,6-7,9-10,13H2,1-5H3/t14-,18+,20+,21+,22-,23+,24-/m0/s1. The molecule has 8 nitrogen and oxygen atoms in total. The van der Waals surface area contributed by atoms with E-state index in [0.717, 1.165) is 5.56 Å². The van der Waals surface area contributed by atoms with Crippen LogP contribution < -0.4 is 0 Å². The zero-order chi connectivity index (χ0) is 23.9. The first-order valence-corrected chi connectivity index (χ1v) is 11.1. The molecule has 178 valence electrons. The Balaban J connectivity index is 2.07. The summed E-state index contributed by atoms with van der Waals surface area (Å²) in [6.45, 7) is 7.73. The van der Waals surface area contributed by atoms with E-state index in [2.05, 4.69) is 0 Å². The molecule has 0 radical (unpaired) electrons. The molecule has 0 spiro atoms. The van der Waals surface area contributed by atoms with E-state index in [1.807, 2.05) is 13.0 Å². The number of aliphatic hydroxyl groups is 2. The van der Waals surface area contributed by atoms with E-state index < -0.39 is 58.2 Å². The van der Waals surface area contributed by atoms with E-state index in [4.69, 9.17) is 13.9 Å². The number of hydrogen-bond acceptors (Lipinski definition) is 8. The van der Waals surface area contributed by atoms with Crippen molar-refractivity contribution in [2.45, 2.75) is 78.1 Å². The van der Waals surface area contributed by atoms with Crippen LogP contribution in [0.25, 0.3) is 0 Å². The van der Waals surface area contributed by atoms with Crippen molar-refractivity contribution in [2.75, 3.05) is 6.61 Å². The van der Waals surface area contributed by atoms with Gasteiger partial charge >= 0.3 is 11.9 Å². The van der Waals surface area contributed by atoms with E-state index in [1.165, 1.54) is 13.8 Å². The quantitative estimate of drug-likeness (QED) is 0.634. The summed E-state index contributed by atoms with van der Waals surface area (Å²) < 4.78 is 16.1. The fourth-order valence-corrected chi connectivity index (χ4v) is 6.29. The molecule has 8 heteroatoms. The van der Waals surface area contributed by atoms with E-state index in [9.17, 15) is 24.6 Å². The van der Waals surface area contributed by atoms with Gasteiger partial charge < -0.3 is 24.1 Å². The second kappa shape index (κ2) is 8.63. The van der Waals surface area contributed by atoms with E-state index in [-0.39, 0.29) is 6.61 Å². The number of rotatable bonds is 6. The molecule has 1 heterocycles. The molecule has 0 aliphatic heterocycles. The topological polar surface area (TPSA) is 123 Å². The molecule has 3 rings (SSSR count). The summed E-state index contributed by atoms with van der Waals surface area (Å²) in [6.07, 6.45) is 2.74. The summed E-state index contributed by atoms with van der Waals surface area (Å²) in [7, 11) is 0. The lowest BCUT2D eigenvalue weighted by atomic mass is 9.42. The molecule has 0 amide bonds. The molecule has 2 aliphatic rings. The van der Waals surface area contributed by atoms with Crippen LogP contribution in [0.5, 0.6) is 0 Å². The molecule has 7 atom stereocenters. The van der Waals surface area contributed by atoms with Crippen LogP contribution in [-0.4, -0.2) is 52.4 Å². The molecule has 32 heavy (non-hydrogen) atoms. The molecule has 0 saturated heterocycles. The van der Waals surface area contributed by atoms with Crippen molar-refractivity contribution >= 4 is 17.7 Å². The van der Waals surface area contributed by atoms with Crippen LogP contribution >= 0.6 is 0 Å². The van der Waals surface area contributed by atoms with Crippen molar-refractivity contribution in [3.05, 3.63) is 24.2 Å². The normalized spacial score (nSPS) is 39.3. The number of aliphatic hydroxyl groups excluding tert-OH is 1. The molecule has 1 aromatic heterocycles. The Kier molecular flexibility index (Phi) is 6.60. The summed E-state index contributed by atoms with van der Waals surface area (Å²) in [5.41, 5.74) is -2.48. The van der Waals surface area contributed by atoms with Gasteiger partial charge in [0.2, 0.25) is 0 Å². The molecule has 0 aromatic carbocycles. The largest absolute Gasteiger partial charge is 0.472 e. The molecular weight excluding hydrogens is 416 g/mol. The summed E-state index contributed by atoms with van der Waals surface area (Å²) in [5, 5.41) is 23.3. The number of Topliss-reactive ketones (excluding diaryl/α,β-unsaturated/α-hetero) is 1. The highest BCUT2D eigenvalue weighted by Crippen LogP contribution is 2.63. The molecule has 1 aromatic rings. The van der Waals surface area contributed by atoms with Gasteiger partial charge in [0.05, 0.1) is 18.1 Å². The first-order valence-electron chi connectivity index (χ1n) is 11.1. The lowest BCUT2D eigenvalue weighted by molar-refractivity contribution is -0.262. The van der Waals surface area contributed by atoms with E-state index in [1.54, 1.807) is 26.4 Å². The van der Waals surface area contributed by atoms with Gasteiger partial charge in [-0.3, -0.25) is 14.4 Å². The van der Waals surface area contributed by atoms with Gasteiger partial charge in [-0.05, 0) is 37.3 Å². The van der Waals surface area contributed by atoms with Crippen LogP contribution in [0, 0.1) is 22.7 Å². The Morgan fingerprint density at radius 2 is 1.94 bits per heavy atom. The van der Waals surface area contributed by atoms with Gasteiger partial charge in [0, 0.05) is 36.5 Å². The molecule has 0 bridgehead atoms. The number of esters is 2. The Hall–Kier alpha value is -2.19. The molecule has 2 saturated carbocycles. The minimum absolute atomic E-state index is 0.142. The number of hydrogen-bond donors (Lipinski definition) is 2. The third-order valence-electron chi connectivity index (χ3n) is 8.07. The van der Waals surface area contributed by atoms with Crippen molar-refractivity contribution in [2.24, 2.45) is 22.7 Å². The van der Waals surface area contributed by atoms with Gasteiger partial charge in [0.25, 0.3) is 0 Å². The van der Waals surface area contributed by atoms with Gasteiger partial charge in [-0.2, -0.15) is 0 Å². The van der Waals surface area contributed by atoms with Gasteiger partial charge in [0.1, 0.15) is 18.8 Å². The first-order chi connectivity index (χ1) is 14.9. The van der Waals surface area contributed by atoms with Crippen LogP contribution in [0.15, 0.2) is 23.0 Å². The maximum atomic E-state index is 13.2. The lowest BCUT2D eigenvalue weighted by Crippen LogP contribution is -2.73. The fourth-order valence-electron chi connectivity index (χ4n) is 6.29. The molecule has 2 aliphatic carbocycles. The van der Waals surface area contributed by atoms with E-state index >= 15 is 0 Å². The maximum Gasteiger partial charge on any atom is 0.302 e. The van der Waals surface area contributed by atoms with Crippen molar-refractivity contribution in [1.29, 1.82) is 0 Å². The number of aryl methyl sites for hydroxylation is 1. The Bertz CT molecular complexity index is 863. The Morgan fingerprint density at radius 1 is 1.25 bits per heavy atom. The Labute approximate surface area is 188 Å². The monoisotopic (exact) mass is 450 g/mol. The highest BCUT2D eigenvalue weighted by Gasteiger charge is 2.70. The zero-order valence-electron chi connectivity index (χ0n) is 19.4. The minimum atomic E-state index is -1.43. The van der Waals surface area contributed by atoms with Crippen LogP contribution in [-0.2, 0) is 30.3 Å².